The standard InChI is InChI=1S/C20H25FN4O4/c1-13(2)8-10-24-16-17(22-19(24)29-15-7-4-6-14(21)12-15)23(3)20(28)25(18(16)27)9-5-11-26/h4,6-7,12-13,26H,5,8-11H2,1-3H3. The van der Waals surface area contributed by atoms with Gasteiger partial charge < -0.3 is 9.84 Å². The lowest BCUT2D eigenvalue weighted by Crippen LogP contribution is -2.39. The lowest BCUT2D eigenvalue weighted by atomic mass is 10.1. The maximum atomic E-state index is 13.6. The summed E-state index contributed by atoms with van der Waals surface area (Å²) in [6.07, 6.45) is 1.04. The van der Waals surface area contributed by atoms with Gasteiger partial charge in [-0.25, -0.2) is 9.18 Å². The van der Waals surface area contributed by atoms with Crippen LogP contribution in [-0.4, -0.2) is 30.4 Å². The van der Waals surface area contributed by atoms with Gasteiger partial charge in [-0.3, -0.25) is 18.5 Å². The lowest BCUT2D eigenvalue weighted by Gasteiger charge is -2.12. The molecule has 0 fully saturated rings. The van der Waals surface area contributed by atoms with Gasteiger partial charge in [0, 0.05) is 32.8 Å². The number of aromatic nitrogens is 4. The molecular weight excluding hydrogens is 379 g/mol. The number of ether oxygens (including phenoxy) is 1. The van der Waals surface area contributed by atoms with Crippen molar-refractivity contribution in [3.63, 3.8) is 0 Å². The molecule has 156 valence electrons. The molecule has 0 bridgehead atoms. The number of nitrogens with zero attached hydrogens (tertiary/aromatic N) is 4. The van der Waals surface area contributed by atoms with Crippen molar-refractivity contribution >= 4 is 11.2 Å². The van der Waals surface area contributed by atoms with Crippen molar-refractivity contribution < 1.29 is 14.2 Å². The number of hydrogen-bond acceptors (Lipinski definition) is 5. The van der Waals surface area contributed by atoms with Crippen LogP contribution in [-0.2, 0) is 20.1 Å². The average Bonchev–Trinajstić information content (AvgIpc) is 3.03. The smallest absolute Gasteiger partial charge is 0.332 e. The van der Waals surface area contributed by atoms with E-state index < -0.39 is 17.1 Å². The molecule has 2 aromatic heterocycles. The zero-order valence-corrected chi connectivity index (χ0v) is 16.8. The van der Waals surface area contributed by atoms with E-state index in [2.05, 4.69) is 18.8 Å². The summed E-state index contributed by atoms with van der Waals surface area (Å²) < 4.78 is 23.4. The molecule has 0 radical (unpaired) electrons. The minimum absolute atomic E-state index is 0.105. The van der Waals surface area contributed by atoms with E-state index in [4.69, 9.17) is 9.84 Å². The summed E-state index contributed by atoms with van der Waals surface area (Å²) in [6.45, 7) is 4.54. The molecule has 0 aliphatic heterocycles. The van der Waals surface area contributed by atoms with Crippen LogP contribution in [0.4, 0.5) is 4.39 Å². The Hall–Kier alpha value is -2.94. The summed E-state index contributed by atoms with van der Waals surface area (Å²) >= 11 is 0. The molecule has 0 unspecified atom stereocenters. The Labute approximate surface area is 166 Å². The van der Waals surface area contributed by atoms with E-state index in [1.54, 1.807) is 10.6 Å². The van der Waals surface area contributed by atoms with E-state index in [0.717, 1.165) is 11.0 Å². The second kappa shape index (κ2) is 8.60. The third-order valence-corrected chi connectivity index (χ3v) is 4.67. The van der Waals surface area contributed by atoms with Crippen molar-refractivity contribution in [3.8, 4) is 11.8 Å². The molecule has 1 N–H and O–H groups in total. The predicted molar refractivity (Wildman–Crippen MR) is 107 cm³/mol. The highest BCUT2D eigenvalue weighted by atomic mass is 19.1. The van der Waals surface area contributed by atoms with E-state index in [-0.39, 0.29) is 42.5 Å². The Morgan fingerprint density at radius 3 is 2.62 bits per heavy atom. The summed E-state index contributed by atoms with van der Waals surface area (Å²) in [5.41, 5.74) is -0.545. The SMILES string of the molecule is CC(C)CCn1c(Oc2cccc(F)c2)nc2c1c(=O)n(CCCO)c(=O)n2C. The number of fused-ring (bicyclic) bond motifs is 1. The van der Waals surface area contributed by atoms with Gasteiger partial charge in [-0.2, -0.15) is 4.98 Å². The van der Waals surface area contributed by atoms with Gasteiger partial charge >= 0.3 is 11.7 Å². The first kappa shape index (κ1) is 20.8. The van der Waals surface area contributed by atoms with Crippen LogP contribution < -0.4 is 16.0 Å². The van der Waals surface area contributed by atoms with Crippen LogP contribution >= 0.6 is 0 Å². The van der Waals surface area contributed by atoms with Crippen molar-refractivity contribution in [3.05, 3.63) is 50.9 Å². The molecule has 9 heteroatoms. The molecule has 0 spiro atoms. The van der Waals surface area contributed by atoms with Crippen LogP contribution in [0.15, 0.2) is 33.9 Å². The van der Waals surface area contributed by atoms with Gasteiger partial charge in [0.05, 0.1) is 0 Å². The highest BCUT2D eigenvalue weighted by Crippen LogP contribution is 2.25. The lowest BCUT2D eigenvalue weighted by molar-refractivity contribution is 0.277. The zero-order valence-electron chi connectivity index (χ0n) is 16.8. The number of aryl methyl sites for hydroxylation is 2. The first-order valence-electron chi connectivity index (χ1n) is 9.57. The van der Waals surface area contributed by atoms with Gasteiger partial charge in [0.1, 0.15) is 11.6 Å². The number of aliphatic hydroxyl groups excluding tert-OH is 1. The molecule has 1 aromatic carbocycles. The Bertz CT molecular complexity index is 1130. The van der Waals surface area contributed by atoms with E-state index in [9.17, 15) is 14.0 Å². The highest BCUT2D eigenvalue weighted by Gasteiger charge is 2.21. The fraction of sp³-hybridized carbons (Fsp3) is 0.450. The van der Waals surface area contributed by atoms with Gasteiger partial charge in [0.15, 0.2) is 11.2 Å². The van der Waals surface area contributed by atoms with E-state index in [1.807, 2.05) is 0 Å². The van der Waals surface area contributed by atoms with Gasteiger partial charge in [-0.05, 0) is 30.9 Å². The molecule has 8 nitrogen and oxygen atoms in total. The molecule has 0 amide bonds. The third-order valence-electron chi connectivity index (χ3n) is 4.67. The van der Waals surface area contributed by atoms with Crippen molar-refractivity contribution in [2.45, 2.75) is 39.8 Å². The molecule has 0 saturated heterocycles. The van der Waals surface area contributed by atoms with Gasteiger partial charge in [0.2, 0.25) is 0 Å². The summed E-state index contributed by atoms with van der Waals surface area (Å²) in [5, 5.41) is 9.09. The Balaban J connectivity index is 2.21. The first-order chi connectivity index (χ1) is 13.8. The quantitative estimate of drug-likeness (QED) is 0.622. The number of hydrogen-bond donors (Lipinski definition) is 1. The Morgan fingerprint density at radius 2 is 1.97 bits per heavy atom. The molecule has 3 rings (SSSR count). The average molecular weight is 404 g/mol. The zero-order chi connectivity index (χ0) is 21.1. The minimum Gasteiger partial charge on any atom is -0.425 e. The van der Waals surface area contributed by atoms with Crippen LogP contribution in [0.1, 0.15) is 26.7 Å². The number of imidazole rings is 1. The van der Waals surface area contributed by atoms with Crippen LogP contribution in [0.3, 0.4) is 0 Å². The Morgan fingerprint density at radius 1 is 1.21 bits per heavy atom. The summed E-state index contributed by atoms with van der Waals surface area (Å²) in [6, 6.07) is 5.76. The number of halogens is 1. The maximum absolute atomic E-state index is 13.6. The largest absolute Gasteiger partial charge is 0.425 e. The van der Waals surface area contributed by atoms with Crippen LogP contribution in [0.25, 0.3) is 11.2 Å². The molecule has 2 heterocycles. The maximum Gasteiger partial charge on any atom is 0.332 e. The molecule has 0 aliphatic carbocycles. The van der Waals surface area contributed by atoms with Crippen molar-refractivity contribution in [1.82, 2.24) is 18.7 Å². The molecule has 0 aliphatic rings. The van der Waals surface area contributed by atoms with Crippen LogP contribution in [0.2, 0.25) is 0 Å². The van der Waals surface area contributed by atoms with Crippen LogP contribution in [0, 0.1) is 11.7 Å². The highest BCUT2D eigenvalue weighted by molar-refractivity contribution is 5.72. The summed E-state index contributed by atoms with van der Waals surface area (Å²) in [5.74, 6) is 0.154. The molecule has 0 atom stereocenters. The third kappa shape index (κ3) is 4.24. The van der Waals surface area contributed by atoms with Crippen molar-refractivity contribution in [1.29, 1.82) is 0 Å². The molecule has 3 aromatic rings. The topological polar surface area (TPSA) is 91.3 Å². The fourth-order valence-corrected chi connectivity index (χ4v) is 3.09. The molecule has 29 heavy (non-hydrogen) atoms. The van der Waals surface area contributed by atoms with Gasteiger partial charge in [0.25, 0.3) is 5.56 Å². The summed E-state index contributed by atoms with van der Waals surface area (Å²) in [4.78, 5) is 30.1. The van der Waals surface area contributed by atoms with Gasteiger partial charge in [-0.15, -0.1) is 0 Å². The second-order valence-electron chi connectivity index (χ2n) is 7.34. The van der Waals surface area contributed by atoms with E-state index >= 15 is 0 Å². The predicted octanol–water partition coefficient (Wildman–Crippen LogP) is 2.26. The number of rotatable bonds is 8. The normalized spacial score (nSPS) is 11.5. The second-order valence-corrected chi connectivity index (χ2v) is 7.34. The van der Waals surface area contributed by atoms with E-state index in [0.29, 0.717) is 12.5 Å². The fourth-order valence-electron chi connectivity index (χ4n) is 3.09. The summed E-state index contributed by atoms with van der Waals surface area (Å²) in [7, 11) is 1.53. The van der Waals surface area contributed by atoms with E-state index in [1.165, 1.54) is 29.8 Å². The molecular formula is C20H25FN4O4. The first-order valence-corrected chi connectivity index (χ1v) is 9.57. The number of benzene rings is 1. The monoisotopic (exact) mass is 404 g/mol. The van der Waals surface area contributed by atoms with Crippen LogP contribution in [0.5, 0.6) is 11.8 Å². The minimum atomic E-state index is -0.512. The van der Waals surface area contributed by atoms with Gasteiger partial charge in [-0.1, -0.05) is 19.9 Å². The molecule has 0 saturated carbocycles. The Kier molecular flexibility index (Phi) is 6.17. The van der Waals surface area contributed by atoms with Crippen molar-refractivity contribution in [2.75, 3.05) is 6.61 Å². The van der Waals surface area contributed by atoms with Crippen molar-refractivity contribution in [2.24, 2.45) is 13.0 Å². The number of aliphatic hydroxyl groups is 1.